The molecule has 2 aromatic rings. The molecule has 1 atom stereocenters. The van der Waals surface area contributed by atoms with Gasteiger partial charge in [-0.1, -0.05) is 0 Å². The molecule has 25 heavy (non-hydrogen) atoms. The van der Waals surface area contributed by atoms with Crippen molar-refractivity contribution in [3.8, 4) is 5.69 Å². The molecule has 132 valence electrons. The molecule has 0 radical (unpaired) electrons. The number of aliphatic carboxylic acids is 1. The highest BCUT2D eigenvalue weighted by Crippen LogP contribution is 2.32. The molecule has 3 rings (SSSR count). The van der Waals surface area contributed by atoms with Gasteiger partial charge in [-0.05, 0) is 51.5 Å². The minimum absolute atomic E-state index is 0.182. The summed E-state index contributed by atoms with van der Waals surface area (Å²) in [5, 5.41) is 13.7. The summed E-state index contributed by atoms with van der Waals surface area (Å²) in [7, 11) is 0. The van der Waals surface area contributed by atoms with Crippen molar-refractivity contribution in [3.05, 3.63) is 47.0 Å². The van der Waals surface area contributed by atoms with Crippen molar-refractivity contribution in [2.24, 2.45) is 5.41 Å². The molecular weight excluding hydrogens is 325 g/mol. The van der Waals surface area contributed by atoms with Crippen molar-refractivity contribution >= 4 is 11.9 Å². The normalized spacial score (nSPS) is 20.1. The first-order chi connectivity index (χ1) is 11.7. The topological polar surface area (TPSA) is 75.4 Å². The van der Waals surface area contributed by atoms with E-state index in [1.54, 1.807) is 42.5 Å². The number of halogens is 1. The Morgan fingerprint density at radius 2 is 1.88 bits per heavy atom. The van der Waals surface area contributed by atoms with Gasteiger partial charge in [0, 0.05) is 13.1 Å². The number of benzene rings is 1. The Kier molecular flexibility index (Phi) is 4.10. The molecule has 1 saturated heterocycles. The van der Waals surface area contributed by atoms with Gasteiger partial charge in [-0.2, -0.15) is 5.10 Å². The Labute approximate surface area is 144 Å². The molecule has 1 aromatic carbocycles. The Morgan fingerprint density at radius 1 is 1.24 bits per heavy atom. The molecule has 1 aliphatic heterocycles. The van der Waals surface area contributed by atoms with E-state index in [-0.39, 0.29) is 18.3 Å². The van der Waals surface area contributed by atoms with Crippen molar-refractivity contribution in [2.75, 3.05) is 13.1 Å². The first-order valence-electron chi connectivity index (χ1n) is 8.08. The second-order valence-electron chi connectivity index (χ2n) is 6.78. The Morgan fingerprint density at radius 3 is 2.44 bits per heavy atom. The van der Waals surface area contributed by atoms with E-state index in [1.807, 2.05) is 0 Å². The van der Waals surface area contributed by atoms with E-state index in [9.17, 15) is 19.1 Å². The smallest absolute Gasteiger partial charge is 0.311 e. The number of likely N-dealkylation sites (tertiary alicyclic amines) is 1. The minimum Gasteiger partial charge on any atom is -0.481 e. The van der Waals surface area contributed by atoms with Crippen LogP contribution >= 0.6 is 0 Å². The van der Waals surface area contributed by atoms with Crippen LogP contribution in [-0.4, -0.2) is 44.8 Å². The Bertz CT molecular complexity index is 844. The fraction of sp³-hybridized carbons (Fsp3) is 0.389. The van der Waals surface area contributed by atoms with Crippen LogP contribution < -0.4 is 0 Å². The summed E-state index contributed by atoms with van der Waals surface area (Å²) in [5.74, 6) is -1.45. The fourth-order valence-corrected chi connectivity index (χ4v) is 3.25. The van der Waals surface area contributed by atoms with Gasteiger partial charge < -0.3 is 10.0 Å². The summed E-state index contributed by atoms with van der Waals surface area (Å²) >= 11 is 0. The summed E-state index contributed by atoms with van der Waals surface area (Å²) in [6.07, 6.45) is 0.429. The molecule has 2 heterocycles. The molecular formula is C18H20FN3O3. The maximum absolute atomic E-state index is 13.1. The predicted octanol–water partition coefficient (Wildman–Crippen LogP) is 2.57. The number of carbonyl (C=O) groups is 2. The zero-order valence-corrected chi connectivity index (χ0v) is 14.4. The van der Waals surface area contributed by atoms with Gasteiger partial charge in [-0.15, -0.1) is 0 Å². The quantitative estimate of drug-likeness (QED) is 0.928. The predicted molar refractivity (Wildman–Crippen MR) is 89.3 cm³/mol. The van der Waals surface area contributed by atoms with Crippen LogP contribution in [0.25, 0.3) is 5.69 Å². The number of carboxylic acid groups (broad SMARTS) is 1. The van der Waals surface area contributed by atoms with Crippen LogP contribution in [0.1, 0.15) is 35.1 Å². The number of amides is 1. The number of rotatable bonds is 3. The van der Waals surface area contributed by atoms with E-state index < -0.39 is 11.4 Å². The summed E-state index contributed by atoms with van der Waals surface area (Å²) in [6, 6.07) is 5.87. The van der Waals surface area contributed by atoms with Gasteiger partial charge in [0.25, 0.3) is 5.91 Å². The molecule has 1 aromatic heterocycles. The standard InChI is InChI=1S/C18H20FN3O3/c1-11-15(16(23)21-9-8-18(3,10-21)17(24)25)12(2)22(20-11)14-6-4-13(19)5-7-14/h4-7H,8-10H2,1-3H3,(H,24,25)/t18-/m1/s1. The van der Waals surface area contributed by atoms with Crippen LogP contribution in [0.3, 0.4) is 0 Å². The molecule has 7 heteroatoms. The summed E-state index contributed by atoms with van der Waals surface area (Å²) in [6.45, 7) is 5.77. The summed E-state index contributed by atoms with van der Waals surface area (Å²) in [4.78, 5) is 25.9. The maximum atomic E-state index is 13.1. The van der Waals surface area contributed by atoms with E-state index in [0.717, 1.165) is 0 Å². The lowest BCUT2D eigenvalue weighted by molar-refractivity contribution is -0.147. The fourth-order valence-electron chi connectivity index (χ4n) is 3.25. The molecule has 1 aliphatic rings. The lowest BCUT2D eigenvalue weighted by Crippen LogP contribution is -2.35. The highest BCUT2D eigenvalue weighted by molar-refractivity contribution is 5.97. The zero-order valence-electron chi connectivity index (χ0n) is 14.4. The molecule has 0 aliphatic carbocycles. The number of hydrogen-bond donors (Lipinski definition) is 1. The average Bonchev–Trinajstić information content (AvgIpc) is 3.10. The second kappa shape index (κ2) is 5.98. The van der Waals surface area contributed by atoms with Gasteiger partial charge in [-0.25, -0.2) is 9.07 Å². The van der Waals surface area contributed by atoms with E-state index >= 15 is 0 Å². The number of nitrogens with zero attached hydrogens (tertiary/aromatic N) is 3. The van der Waals surface area contributed by atoms with Crippen molar-refractivity contribution in [1.82, 2.24) is 14.7 Å². The van der Waals surface area contributed by atoms with Crippen molar-refractivity contribution < 1.29 is 19.1 Å². The third kappa shape index (κ3) is 2.90. The first kappa shape index (κ1) is 17.1. The van der Waals surface area contributed by atoms with Crippen LogP contribution in [0.5, 0.6) is 0 Å². The third-order valence-corrected chi connectivity index (χ3v) is 4.85. The highest BCUT2D eigenvalue weighted by atomic mass is 19.1. The van der Waals surface area contributed by atoms with Gasteiger partial charge in [-0.3, -0.25) is 9.59 Å². The number of carbonyl (C=O) groups excluding carboxylic acids is 1. The number of aryl methyl sites for hydroxylation is 1. The first-order valence-corrected chi connectivity index (χ1v) is 8.08. The molecule has 1 amide bonds. The number of hydrogen-bond acceptors (Lipinski definition) is 3. The number of carboxylic acids is 1. The van der Waals surface area contributed by atoms with Crippen molar-refractivity contribution in [2.45, 2.75) is 27.2 Å². The van der Waals surface area contributed by atoms with Crippen LogP contribution in [-0.2, 0) is 4.79 Å². The Hall–Kier alpha value is -2.70. The lowest BCUT2D eigenvalue weighted by Gasteiger charge is -2.20. The monoisotopic (exact) mass is 345 g/mol. The van der Waals surface area contributed by atoms with Crippen LogP contribution in [0.4, 0.5) is 4.39 Å². The SMILES string of the molecule is Cc1nn(-c2ccc(F)cc2)c(C)c1C(=O)N1CC[C@@](C)(C(=O)O)C1. The summed E-state index contributed by atoms with van der Waals surface area (Å²) < 4.78 is 14.7. The maximum Gasteiger partial charge on any atom is 0.311 e. The number of aromatic nitrogens is 2. The molecule has 0 spiro atoms. The molecule has 0 saturated carbocycles. The van der Waals surface area contributed by atoms with Gasteiger partial charge in [0.15, 0.2) is 0 Å². The minimum atomic E-state index is -0.912. The van der Waals surface area contributed by atoms with Crippen LogP contribution in [0.2, 0.25) is 0 Å². The van der Waals surface area contributed by atoms with Gasteiger partial charge in [0.1, 0.15) is 5.82 Å². The van der Waals surface area contributed by atoms with E-state index in [4.69, 9.17) is 0 Å². The van der Waals surface area contributed by atoms with Gasteiger partial charge in [0.05, 0.1) is 28.1 Å². The van der Waals surface area contributed by atoms with Gasteiger partial charge >= 0.3 is 5.97 Å². The van der Waals surface area contributed by atoms with Crippen molar-refractivity contribution in [3.63, 3.8) is 0 Å². The van der Waals surface area contributed by atoms with Gasteiger partial charge in [0.2, 0.25) is 0 Å². The molecule has 0 bridgehead atoms. The largest absolute Gasteiger partial charge is 0.481 e. The van der Waals surface area contributed by atoms with Crippen LogP contribution in [0.15, 0.2) is 24.3 Å². The van der Waals surface area contributed by atoms with Crippen molar-refractivity contribution in [1.29, 1.82) is 0 Å². The average molecular weight is 345 g/mol. The molecule has 0 unspecified atom stereocenters. The van der Waals surface area contributed by atoms with E-state index in [0.29, 0.717) is 35.6 Å². The molecule has 1 N–H and O–H groups in total. The lowest BCUT2D eigenvalue weighted by atomic mass is 9.90. The third-order valence-electron chi connectivity index (χ3n) is 4.85. The molecule has 1 fully saturated rings. The van der Waals surface area contributed by atoms with E-state index in [1.165, 1.54) is 12.1 Å². The second-order valence-corrected chi connectivity index (χ2v) is 6.78. The van der Waals surface area contributed by atoms with Crippen LogP contribution in [0, 0.1) is 25.1 Å². The Balaban J connectivity index is 1.92. The zero-order chi connectivity index (χ0) is 18.4. The van der Waals surface area contributed by atoms with E-state index in [2.05, 4.69) is 5.10 Å². The summed E-state index contributed by atoms with van der Waals surface area (Å²) in [5.41, 5.74) is 1.44. The molecule has 6 nitrogen and oxygen atoms in total. The highest BCUT2D eigenvalue weighted by Gasteiger charge is 2.43.